The van der Waals surface area contributed by atoms with Gasteiger partial charge in [0, 0.05) is 17.0 Å². The standard InChI is InChI=1S/C10H11OS/c1-12(2)10-5-3-9(4-6-10)7-8-11/h3-7H,1-2H3/q+1. The minimum atomic E-state index is 0.296. The van der Waals surface area contributed by atoms with Crippen molar-refractivity contribution in [2.75, 3.05) is 12.5 Å². The Balaban J connectivity index is 2.92. The summed E-state index contributed by atoms with van der Waals surface area (Å²) >= 11 is 0. The molecule has 0 aliphatic rings. The normalized spacial score (nSPS) is 9.58. The van der Waals surface area contributed by atoms with Crippen LogP contribution in [0.1, 0.15) is 5.56 Å². The summed E-state index contributed by atoms with van der Waals surface area (Å²) in [6.07, 6.45) is 5.78. The molecular weight excluding hydrogens is 168 g/mol. The van der Waals surface area contributed by atoms with Gasteiger partial charge in [-0.1, -0.05) is 0 Å². The molecule has 0 N–H and O–H groups in total. The highest BCUT2D eigenvalue weighted by atomic mass is 32.2. The molecule has 0 heterocycles. The highest BCUT2D eigenvalue weighted by molar-refractivity contribution is 7.95. The van der Waals surface area contributed by atoms with E-state index in [0.29, 0.717) is 10.9 Å². The van der Waals surface area contributed by atoms with E-state index in [1.165, 1.54) is 11.0 Å². The predicted octanol–water partition coefficient (Wildman–Crippen LogP) is 1.77. The lowest BCUT2D eigenvalue weighted by Gasteiger charge is -1.95. The van der Waals surface area contributed by atoms with E-state index < -0.39 is 0 Å². The molecule has 0 bridgehead atoms. The minimum absolute atomic E-state index is 0.296. The third kappa shape index (κ3) is 2.26. The highest BCUT2D eigenvalue weighted by Crippen LogP contribution is 2.10. The summed E-state index contributed by atoms with van der Waals surface area (Å²) in [6.45, 7) is 0. The molecule has 0 saturated carbocycles. The molecule has 0 saturated heterocycles. The lowest BCUT2D eigenvalue weighted by Crippen LogP contribution is -1.94. The van der Waals surface area contributed by atoms with Gasteiger partial charge in [0.1, 0.15) is 18.5 Å². The van der Waals surface area contributed by atoms with E-state index in [1.807, 2.05) is 24.3 Å². The van der Waals surface area contributed by atoms with Crippen LogP contribution in [0, 0.1) is 0 Å². The predicted molar refractivity (Wildman–Crippen MR) is 54.1 cm³/mol. The lowest BCUT2D eigenvalue weighted by molar-refractivity contribution is 0.570. The van der Waals surface area contributed by atoms with Gasteiger partial charge in [-0.3, -0.25) is 0 Å². The Morgan fingerprint density at radius 1 is 1.25 bits per heavy atom. The smallest absolute Gasteiger partial charge is 0.154 e. The summed E-state index contributed by atoms with van der Waals surface area (Å²) < 4.78 is 0. The first kappa shape index (κ1) is 9.11. The van der Waals surface area contributed by atoms with Gasteiger partial charge in [0.2, 0.25) is 0 Å². The topological polar surface area (TPSA) is 17.1 Å². The van der Waals surface area contributed by atoms with Crippen molar-refractivity contribution >= 4 is 22.9 Å². The van der Waals surface area contributed by atoms with E-state index in [-0.39, 0.29) is 0 Å². The van der Waals surface area contributed by atoms with Crippen LogP contribution in [0.2, 0.25) is 0 Å². The van der Waals surface area contributed by atoms with Crippen molar-refractivity contribution in [3.63, 3.8) is 0 Å². The molecule has 12 heavy (non-hydrogen) atoms. The number of hydrogen-bond donors (Lipinski definition) is 0. The SMILES string of the molecule is C[S+](C)c1ccc(C=C=O)cc1. The number of hydrogen-bond acceptors (Lipinski definition) is 1. The molecule has 0 amide bonds. The van der Waals surface area contributed by atoms with Gasteiger partial charge >= 0.3 is 0 Å². The van der Waals surface area contributed by atoms with Gasteiger partial charge in [-0.2, -0.15) is 0 Å². The van der Waals surface area contributed by atoms with Crippen molar-refractivity contribution in [1.82, 2.24) is 0 Å². The second kappa shape index (κ2) is 4.15. The summed E-state index contributed by atoms with van der Waals surface area (Å²) in [7, 11) is 0.296. The Bertz CT molecular complexity index is 294. The average Bonchev–Trinajstić information content (AvgIpc) is 2.06. The molecule has 0 aliphatic heterocycles. The van der Waals surface area contributed by atoms with Crippen LogP contribution in [-0.4, -0.2) is 18.5 Å². The highest BCUT2D eigenvalue weighted by Gasteiger charge is 2.05. The van der Waals surface area contributed by atoms with Gasteiger partial charge in [-0.25, -0.2) is 4.79 Å². The summed E-state index contributed by atoms with van der Waals surface area (Å²) in [4.78, 5) is 11.3. The maximum absolute atomic E-state index is 10.0. The van der Waals surface area contributed by atoms with Crippen molar-refractivity contribution in [2.24, 2.45) is 0 Å². The molecule has 0 aliphatic carbocycles. The van der Waals surface area contributed by atoms with Crippen molar-refractivity contribution in [3.05, 3.63) is 29.8 Å². The third-order valence-corrected chi connectivity index (χ3v) is 2.79. The molecule has 1 nitrogen and oxygen atoms in total. The lowest BCUT2D eigenvalue weighted by atomic mass is 10.2. The van der Waals surface area contributed by atoms with Crippen LogP contribution in [0.25, 0.3) is 6.08 Å². The first-order valence-corrected chi connectivity index (χ1v) is 5.66. The van der Waals surface area contributed by atoms with Gasteiger partial charge in [0.15, 0.2) is 4.90 Å². The molecule has 0 atom stereocenters. The van der Waals surface area contributed by atoms with Gasteiger partial charge < -0.3 is 0 Å². The molecule has 0 unspecified atom stereocenters. The Labute approximate surface area is 75.5 Å². The molecule has 0 radical (unpaired) electrons. The van der Waals surface area contributed by atoms with E-state index in [9.17, 15) is 4.79 Å². The van der Waals surface area contributed by atoms with Crippen LogP contribution in [0.4, 0.5) is 0 Å². The fraction of sp³-hybridized carbons (Fsp3) is 0.200. The second-order valence-corrected chi connectivity index (χ2v) is 4.75. The molecule has 0 aromatic heterocycles. The van der Waals surface area contributed by atoms with Crippen LogP contribution in [-0.2, 0) is 15.7 Å². The van der Waals surface area contributed by atoms with Crippen molar-refractivity contribution in [1.29, 1.82) is 0 Å². The fourth-order valence-electron chi connectivity index (χ4n) is 0.904. The summed E-state index contributed by atoms with van der Waals surface area (Å²) in [5, 5.41) is 0. The van der Waals surface area contributed by atoms with Gasteiger partial charge in [-0.15, -0.1) is 0 Å². The zero-order valence-electron chi connectivity index (χ0n) is 7.20. The quantitative estimate of drug-likeness (QED) is 0.499. The number of rotatable bonds is 2. The molecule has 0 spiro atoms. The Morgan fingerprint density at radius 2 is 1.83 bits per heavy atom. The first-order chi connectivity index (χ1) is 5.74. The third-order valence-electron chi connectivity index (χ3n) is 1.58. The molecular formula is C10H11OS+. The zero-order chi connectivity index (χ0) is 8.97. The Kier molecular flexibility index (Phi) is 3.15. The first-order valence-electron chi connectivity index (χ1n) is 3.62. The summed E-state index contributed by atoms with van der Waals surface area (Å²) in [6, 6.07) is 7.97. The molecule has 0 fully saturated rings. The zero-order valence-corrected chi connectivity index (χ0v) is 8.02. The largest absolute Gasteiger partial charge is 0.233 e. The summed E-state index contributed by atoms with van der Waals surface area (Å²) in [5.41, 5.74) is 0.916. The summed E-state index contributed by atoms with van der Waals surface area (Å²) in [5.74, 6) is 1.76. The van der Waals surface area contributed by atoms with E-state index in [0.717, 1.165) is 5.56 Å². The molecule has 1 aromatic rings. The molecule has 1 aromatic carbocycles. The number of carbonyl (C=O) groups excluding carboxylic acids is 1. The maximum atomic E-state index is 10.0. The van der Waals surface area contributed by atoms with Gasteiger partial charge in [0.25, 0.3) is 0 Å². The number of benzene rings is 1. The average molecular weight is 179 g/mol. The van der Waals surface area contributed by atoms with Gasteiger partial charge in [0.05, 0.1) is 0 Å². The Morgan fingerprint density at radius 3 is 2.25 bits per heavy atom. The van der Waals surface area contributed by atoms with Crippen molar-refractivity contribution in [3.8, 4) is 0 Å². The maximum Gasteiger partial charge on any atom is 0.154 e. The van der Waals surface area contributed by atoms with E-state index in [4.69, 9.17) is 0 Å². The van der Waals surface area contributed by atoms with Crippen molar-refractivity contribution in [2.45, 2.75) is 4.90 Å². The minimum Gasteiger partial charge on any atom is -0.233 e. The van der Waals surface area contributed by atoms with Crippen LogP contribution in [0.15, 0.2) is 29.2 Å². The van der Waals surface area contributed by atoms with Crippen LogP contribution in [0.5, 0.6) is 0 Å². The van der Waals surface area contributed by atoms with Crippen molar-refractivity contribution < 1.29 is 4.79 Å². The van der Waals surface area contributed by atoms with Crippen LogP contribution in [0.3, 0.4) is 0 Å². The fourth-order valence-corrected chi connectivity index (χ4v) is 1.58. The molecule has 1 rings (SSSR count). The van der Waals surface area contributed by atoms with Crippen LogP contribution < -0.4 is 0 Å². The van der Waals surface area contributed by atoms with Crippen LogP contribution >= 0.6 is 0 Å². The van der Waals surface area contributed by atoms with Gasteiger partial charge in [-0.05, 0) is 29.8 Å². The monoisotopic (exact) mass is 179 g/mol. The Hall–Kier alpha value is -0.980. The second-order valence-electron chi connectivity index (χ2n) is 2.65. The van der Waals surface area contributed by atoms with E-state index >= 15 is 0 Å². The van der Waals surface area contributed by atoms with E-state index in [1.54, 1.807) is 5.94 Å². The molecule has 2 heteroatoms. The molecule has 62 valence electrons. The van der Waals surface area contributed by atoms with E-state index in [2.05, 4.69) is 12.5 Å².